The largest absolute Gasteiger partial charge is 0.494 e. The Morgan fingerprint density at radius 3 is 2.67 bits per heavy atom. The van der Waals surface area contributed by atoms with E-state index < -0.39 is 0 Å². The molecule has 0 aromatic heterocycles. The van der Waals surface area contributed by atoms with E-state index in [2.05, 4.69) is 24.4 Å². The van der Waals surface area contributed by atoms with Crippen LogP contribution in [0, 0.1) is 0 Å². The van der Waals surface area contributed by atoms with Crippen LogP contribution in [0.25, 0.3) is 0 Å². The summed E-state index contributed by atoms with van der Waals surface area (Å²) in [6, 6.07) is 8.16. The molecule has 1 atom stereocenters. The molecular formula is C17H28N2O2. The third-order valence-electron chi connectivity index (χ3n) is 3.25. The molecule has 3 N–H and O–H groups in total. The van der Waals surface area contributed by atoms with Crippen LogP contribution >= 0.6 is 0 Å². The number of carbonyl (C=O) groups excluding carboxylic acids is 1. The normalized spacial score (nSPS) is 12.0. The van der Waals surface area contributed by atoms with Crippen molar-refractivity contribution < 1.29 is 9.53 Å². The maximum Gasteiger partial charge on any atom is 0.220 e. The molecule has 1 aromatic carbocycles. The molecule has 1 rings (SSSR count). The van der Waals surface area contributed by atoms with Crippen molar-refractivity contribution in [2.24, 2.45) is 5.73 Å². The number of rotatable bonds is 10. The molecule has 0 heterocycles. The standard InChI is InChI=1S/C17H28N2O2/c1-3-4-13-21-16-8-6-15(7-9-16)11-12-19-17(20)10-5-14(2)18/h6-9,14H,3-5,10-13,18H2,1-2H3,(H,19,20). The minimum Gasteiger partial charge on any atom is -0.494 e. The Hall–Kier alpha value is -1.55. The summed E-state index contributed by atoms with van der Waals surface area (Å²) in [7, 11) is 0. The maximum absolute atomic E-state index is 11.6. The smallest absolute Gasteiger partial charge is 0.220 e. The van der Waals surface area contributed by atoms with E-state index in [0.717, 1.165) is 38.0 Å². The van der Waals surface area contributed by atoms with Crippen molar-refractivity contribution in [3.63, 3.8) is 0 Å². The van der Waals surface area contributed by atoms with Crippen molar-refractivity contribution in [3.05, 3.63) is 29.8 Å². The number of carbonyl (C=O) groups is 1. The molecule has 118 valence electrons. The van der Waals surface area contributed by atoms with Crippen molar-refractivity contribution >= 4 is 5.91 Å². The van der Waals surface area contributed by atoms with E-state index >= 15 is 0 Å². The highest BCUT2D eigenvalue weighted by Crippen LogP contribution is 2.12. The minimum absolute atomic E-state index is 0.0758. The van der Waals surface area contributed by atoms with E-state index in [9.17, 15) is 4.79 Å². The van der Waals surface area contributed by atoms with Crippen molar-refractivity contribution in [1.29, 1.82) is 0 Å². The Balaban J connectivity index is 2.21. The van der Waals surface area contributed by atoms with Gasteiger partial charge in [0.2, 0.25) is 5.91 Å². The lowest BCUT2D eigenvalue weighted by molar-refractivity contribution is -0.121. The number of ether oxygens (including phenoxy) is 1. The summed E-state index contributed by atoms with van der Waals surface area (Å²) in [5.41, 5.74) is 6.83. The van der Waals surface area contributed by atoms with Crippen LogP contribution in [0.1, 0.15) is 45.1 Å². The zero-order chi connectivity index (χ0) is 15.5. The number of hydrogen-bond acceptors (Lipinski definition) is 3. The summed E-state index contributed by atoms with van der Waals surface area (Å²) in [5, 5.41) is 2.92. The lowest BCUT2D eigenvalue weighted by atomic mass is 10.1. The molecular weight excluding hydrogens is 264 g/mol. The minimum atomic E-state index is 0.0758. The monoisotopic (exact) mass is 292 g/mol. The summed E-state index contributed by atoms with van der Waals surface area (Å²) in [4.78, 5) is 11.6. The lowest BCUT2D eigenvalue weighted by Gasteiger charge is -2.08. The first-order valence-corrected chi connectivity index (χ1v) is 7.85. The van der Waals surface area contributed by atoms with E-state index in [1.165, 1.54) is 5.56 Å². The molecule has 0 saturated heterocycles. The Labute approximate surface area is 128 Å². The van der Waals surface area contributed by atoms with Gasteiger partial charge in [-0.25, -0.2) is 0 Å². The maximum atomic E-state index is 11.6. The van der Waals surface area contributed by atoms with E-state index in [1.54, 1.807) is 0 Å². The van der Waals surface area contributed by atoms with Crippen molar-refractivity contribution in [1.82, 2.24) is 5.32 Å². The zero-order valence-corrected chi connectivity index (χ0v) is 13.2. The van der Waals surface area contributed by atoms with E-state index in [-0.39, 0.29) is 11.9 Å². The first kappa shape index (κ1) is 17.5. The second-order valence-electron chi connectivity index (χ2n) is 5.46. The first-order chi connectivity index (χ1) is 10.1. The summed E-state index contributed by atoms with van der Waals surface area (Å²) in [6.45, 7) is 5.49. The molecule has 0 spiro atoms. The van der Waals surface area contributed by atoms with Gasteiger partial charge in [0, 0.05) is 19.0 Å². The van der Waals surface area contributed by atoms with Crippen LogP contribution in [-0.2, 0) is 11.2 Å². The molecule has 1 aromatic rings. The second-order valence-corrected chi connectivity index (χ2v) is 5.46. The predicted octanol–water partition coefficient (Wildman–Crippen LogP) is 2.65. The first-order valence-electron chi connectivity index (χ1n) is 7.85. The number of benzene rings is 1. The number of amides is 1. The Morgan fingerprint density at radius 1 is 1.33 bits per heavy atom. The molecule has 0 aliphatic heterocycles. The number of nitrogens with one attached hydrogen (secondary N) is 1. The SMILES string of the molecule is CCCCOc1ccc(CCNC(=O)CCC(C)N)cc1. The van der Waals surface area contributed by atoms with Gasteiger partial charge >= 0.3 is 0 Å². The summed E-state index contributed by atoms with van der Waals surface area (Å²) in [5.74, 6) is 0.986. The highest BCUT2D eigenvalue weighted by Gasteiger charge is 2.03. The summed E-state index contributed by atoms with van der Waals surface area (Å²) < 4.78 is 5.62. The van der Waals surface area contributed by atoms with Gasteiger partial charge in [-0.15, -0.1) is 0 Å². The summed E-state index contributed by atoms with van der Waals surface area (Å²) in [6.07, 6.45) is 4.28. The van der Waals surface area contributed by atoms with Gasteiger partial charge in [-0.3, -0.25) is 4.79 Å². The van der Waals surface area contributed by atoms with Gasteiger partial charge in [0.1, 0.15) is 5.75 Å². The molecule has 21 heavy (non-hydrogen) atoms. The molecule has 0 radical (unpaired) electrons. The fraction of sp³-hybridized carbons (Fsp3) is 0.588. The quantitative estimate of drug-likeness (QED) is 0.652. The molecule has 0 aliphatic rings. The highest BCUT2D eigenvalue weighted by atomic mass is 16.5. The number of unbranched alkanes of at least 4 members (excludes halogenated alkanes) is 1. The lowest BCUT2D eigenvalue weighted by Crippen LogP contribution is -2.27. The molecule has 0 saturated carbocycles. The van der Waals surface area contributed by atoms with Crippen molar-refractivity contribution in [3.8, 4) is 5.75 Å². The average Bonchev–Trinajstić information content (AvgIpc) is 2.47. The predicted molar refractivity (Wildman–Crippen MR) is 86.4 cm³/mol. The second kappa shape index (κ2) is 10.2. The van der Waals surface area contributed by atoms with Gasteiger partial charge in [-0.2, -0.15) is 0 Å². The third kappa shape index (κ3) is 8.35. The van der Waals surface area contributed by atoms with E-state index in [1.807, 2.05) is 19.1 Å². The molecule has 0 bridgehead atoms. The van der Waals surface area contributed by atoms with Crippen molar-refractivity contribution in [2.45, 2.75) is 52.0 Å². The van der Waals surface area contributed by atoms with E-state index in [0.29, 0.717) is 13.0 Å². The van der Waals surface area contributed by atoms with E-state index in [4.69, 9.17) is 10.5 Å². The molecule has 1 unspecified atom stereocenters. The number of hydrogen-bond donors (Lipinski definition) is 2. The van der Waals surface area contributed by atoms with Crippen LogP contribution in [0.15, 0.2) is 24.3 Å². The topological polar surface area (TPSA) is 64.3 Å². The Kier molecular flexibility index (Phi) is 8.51. The third-order valence-corrected chi connectivity index (χ3v) is 3.25. The van der Waals surface area contributed by atoms with Crippen LogP contribution in [0.4, 0.5) is 0 Å². The zero-order valence-electron chi connectivity index (χ0n) is 13.2. The molecule has 0 aliphatic carbocycles. The Morgan fingerprint density at radius 2 is 2.05 bits per heavy atom. The molecule has 4 nitrogen and oxygen atoms in total. The molecule has 4 heteroatoms. The van der Waals surface area contributed by atoms with Crippen LogP contribution in [-0.4, -0.2) is 25.1 Å². The summed E-state index contributed by atoms with van der Waals surface area (Å²) >= 11 is 0. The van der Waals surface area contributed by atoms with Gasteiger partial charge in [-0.05, 0) is 43.9 Å². The van der Waals surface area contributed by atoms with Crippen LogP contribution in [0.5, 0.6) is 5.75 Å². The van der Waals surface area contributed by atoms with Gasteiger partial charge in [0.25, 0.3) is 0 Å². The van der Waals surface area contributed by atoms with Gasteiger partial charge < -0.3 is 15.8 Å². The fourth-order valence-electron chi connectivity index (χ4n) is 1.88. The van der Waals surface area contributed by atoms with Crippen LogP contribution in [0.3, 0.4) is 0 Å². The highest BCUT2D eigenvalue weighted by molar-refractivity contribution is 5.75. The van der Waals surface area contributed by atoms with Gasteiger partial charge in [0.15, 0.2) is 0 Å². The Bertz CT molecular complexity index is 402. The van der Waals surface area contributed by atoms with Gasteiger partial charge in [0.05, 0.1) is 6.61 Å². The number of nitrogens with two attached hydrogens (primary N) is 1. The van der Waals surface area contributed by atoms with Crippen molar-refractivity contribution in [2.75, 3.05) is 13.2 Å². The molecule has 1 amide bonds. The van der Waals surface area contributed by atoms with Crippen LogP contribution in [0.2, 0.25) is 0 Å². The molecule has 0 fully saturated rings. The van der Waals surface area contributed by atoms with Gasteiger partial charge in [-0.1, -0.05) is 25.5 Å². The average molecular weight is 292 g/mol. The van der Waals surface area contributed by atoms with Crippen LogP contribution < -0.4 is 15.8 Å². The fourth-order valence-corrected chi connectivity index (χ4v) is 1.88.